The van der Waals surface area contributed by atoms with Gasteiger partial charge in [0.15, 0.2) is 5.96 Å². The van der Waals surface area contributed by atoms with Gasteiger partial charge < -0.3 is 20.5 Å². The summed E-state index contributed by atoms with van der Waals surface area (Å²) in [6.07, 6.45) is 3.13. The van der Waals surface area contributed by atoms with E-state index in [0.29, 0.717) is 23.3 Å². The number of anilines is 1. The third-order valence-electron chi connectivity index (χ3n) is 2.71. The molecule has 0 heterocycles. The first-order valence-electron chi connectivity index (χ1n) is 6.56. The van der Waals surface area contributed by atoms with Gasteiger partial charge >= 0.3 is 0 Å². The molecule has 0 amide bonds. The van der Waals surface area contributed by atoms with Gasteiger partial charge in [-0.1, -0.05) is 11.6 Å². The number of guanidine groups is 1. The molecule has 0 bridgehead atoms. The van der Waals surface area contributed by atoms with Crippen molar-refractivity contribution in [1.82, 2.24) is 0 Å². The van der Waals surface area contributed by atoms with E-state index in [9.17, 15) is 0 Å². The fourth-order valence-corrected chi connectivity index (χ4v) is 1.92. The van der Waals surface area contributed by atoms with Crippen LogP contribution in [0.4, 0.5) is 5.69 Å². The molecular formula is C14H22ClN3O2. The molecule has 0 aliphatic carbocycles. The van der Waals surface area contributed by atoms with Gasteiger partial charge in [-0.2, -0.15) is 0 Å². The maximum absolute atomic E-state index is 6.03. The lowest BCUT2D eigenvalue weighted by atomic mass is 10.2. The van der Waals surface area contributed by atoms with Crippen LogP contribution in [0.5, 0.6) is 5.75 Å². The number of hydrogen-bond acceptors (Lipinski definition) is 3. The van der Waals surface area contributed by atoms with Gasteiger partial charge in [-0.25, -0.2) is 0 Å². The Hall–Kier alpha value is -1.46. The van der Waals surface area contributed by atoms with E-state index in [1.165, 1.54) is 0 Å². The van der Waals surface area contributed by atoms with Crippen molar-refractivity contribution in [2.45, 2.75) is 19.3 Å². The topological polar surface area (TPSA) is 68.9 Å². The standard InChI is InChI=1S/C14H22ClN3O2/c1-19-9-5-3-4-8-17-14(16)18-11-6-7-13(20-2)12(15)10-11/h6-7,10H,3-5,8-9H2,1-2H3,(H3,16,17,18). The minimum atomic E-state index is 0.387. The second kappa shape index (κ2) is 9.44. The Bertz CT molecular complexity index is 438. The summed E-state index contributed by atoms with van der Waals surface area (Å²) in [6, 6.07) is 5.37. The molecule has 0 aliphatic rings. The Balaban J connectivity index is 2.37. The average molecular weight is 300 g/mol. The number of ether oxygens (including phenoxy) is 2. The van der Waals surface area contributed by atoms with Gasteiger partial charge in [0.1, 0.15) is 5.75 Å². The first kappa shape index (κ1) is 16.6. The van der Waals surface area contributed by atoms with Crippen molar-refractivity contribution in [2.24, 2.45) is 10.7 Å². The molecule has 0 atom stereocenters. The number of unbranched alkanes of at least 4 members (excludes halogenated alkanes) is 2. The van der Waals surface area contributed by atoms with Crippen molar-refractivity contribution in [3.8, 4) is 5.75 Å². The van der Waals surface area contributed by atoms with Crippen LogP contribution in [0.25, 0.3) is 0 Å². The summed E-state index contributed by atoms with van der Waals surface area (Å²) < 4.78 is 10.1. The van der Waals surface area contributed by atoms with Gasteiger partial charge in [-0.15, -0.1) is 0 Å². The third kappa shape index (κ3) is 6.12. The third-order valence-corrected chi connectivity index (χ3v) is 3.01. The highest BCUT2D eigenvalue weighted by atomic mass is 35.5. The summed E-state index contributed by atoms with van der Waals surface area (Å²) in [5.74, 6) is 1.02. The molecule has 5 nitrogen and oxygen atoms in total. The van der Waals surface area contributed by atoms with Crippen LogP contribution >= 0.6 is 11.6 Å². The molecule has 0 aromatic heterocycles. The molecule has 3 N–H and O–H groups in total. The number of aliphatic imine (C=N–C) groups is 1. The summed E-state index contributed by atoms with van der Waals surface area (Å²) >= 11 is 6.03. The van der Waals surface area contributed by atoms with Crippen LogP contribution in [-0.2, 0) is 4.74 Å². The zero-order valence-corrected chi connectivity index (χ0v) is 12.7. The second-order valence-electron chi connectivity index (χ2n) is 4.29. The molecule has 1 aromatic rings. The predicted molar refractivity (Wildman–Crippen MR) is 83.8 cm³/mol. The summed E-state index contributed by atoms with van der Waals surface area (Å²) in [7, 11) is 3.29. The van der Waals surface area contributed by atoms with E-state index in [1.807, 2.05) is 6.07 Å². The minimum Gasteiger partial charge on any atom is -0.495 e. The predicted octanol–water partition coefficient (Wildman–Crippen LogP) is 2.89. The number of methoxy groups -OCH3 is 2. The monoisotopic (exact) mass is 299 g/mol. The van der Waals surface area contributed by atoms with Crippen LogP contribution in [0.3, 0.4) is 0 Å². The maximum Gasteiger partial charge on any atom is 0.193 e. The van der Waals surface area contributed by atoms with Crippen LogP contribution in [-0.4, -0.2) is 33.3 Å². The molecule has 0 saturated carbocycles. The van der Waals surface area contributed by atoms with Gasteiger partial charge in [-0.3, -0.25) is 4.99 Å². The van der Waals surface area contributed by atoms with Crippen molar-refractivity contribution in [3.05, 3.63) is 23.2 Å². The zero-order valence-electron chi connectivity index (χ0n) is 12.0. The molecule has 1 aromatic carbocycles. The van der Waals surface area contributed by atoms with E-state index in [-0.39, 0.29) is 0 Å². The normalized spacial score (nSPS) is 11.4. The van der Waals surface area contributed by atoms with Gasteiger partial charge in [-0.05, 0) is 37.5 Å². The maximum atomic E-state index is 6.03. The number of rotatable bonds is 8. The Morgan fingerprint density at radius 1 is 1.30 bits per heavy atom. The highest BCUT2D eigenvalue weighted by Crippen LogP contribution is 2.26. The molecule has 0 unspecified atom stereocenters. The zero-order chi connectivity index (χ0) is 14.8. The van der Waals surface area contributed by atoms with Crippen molar-refractivity contribution in [2.75, 3.05) is 32.7 Å². The summed E-state index contributed by atoms with van der Waals surface area (Å²) in [4.78, 5) is 4.26. The Morgan fingerprint density at radius 3 is 2.75 bits per heavy atom. The summed E-state index contributed by atoms with van der Waals surface area (Å²) in [6.45, 7) is 1.49. The number of nitrogens with zero attached hydrogens (tertiary/aromatic N) is 1. The van der Waals surface area contributed by atoms with E-state index in [4.69, 9.17) is 26.8 Å². The summed E-state index contributed by atoms with van der Waals surface area (Å²) in [5.41, 5.74) is 6.60. The van der Waals surface area contributed by atoms with Crippen molar-refractivity contribution in [1.29, 1.82) is 0 Å². The van der Waals surface area contributed by atoms with Crippen LogP contribution in [0.1, 0.15) is 19.3 Å². The van der Waals surface area contributed by atoms with Crippen LogP contribution in [0.15, 0.2) is 23.2 Å². The van der Waals surface area contributed by atoms with E-state index in [0.717, 1.165) is 31.6 Å². The van der Waals surface area contributed by atoms with Gasteiger partial charge in [0.2, 0.25) is 0 Å². The SMILES string of the molecule is COCCCCCN=C(N)Nc1ccc(OC)c(Cl)c1. The number of hydrogen-bond donors (Lipinski definition) is 2. The molecular weight excluding hydrogens is 278 g/mol. The highest BCUT2D eigenvalue weighted by Gasteiger charge is 2.02. The molecule has 0 saturated heterocycles. The molecule has 0 aliphatic heterocycles. The fraction of sp³-hybridized carbons (Fsp3) is 0.500. The lowest BCUT2D eigenvalue weighted by Gasteiger charge is -2.08. The van der Waals surface area contributed by atoms with Crippen molar-refractivity contribution in [3.63, 3.8) is 0 Å². The Morgan fingerprint density at radius 2 is 2.10 bits per heavy atom. The number of halogens is 1. The average Bonchev–Trinajstić information content (AvgIpc) is 2.43. The number of benzene rings is 1. The molecule has 0 fully saturated rings. The Kier molecular flexibility index (Phi) is 7.84. The van der Waals surface area contributed by atoms with E-state index in [1.54, 1.807) is 26.4 Å². The first-order valence-corrected chi connectivity index (χ1v) is 6.94. The van der Waals surface area contributed by atoms with E-state index >= 15 is 0 Å². The lowest BCUT2D eigenvalue weighted by molar-refractivity contribution is 0.192. The van der Waals surface area contributed by atoms with Crippen molar-refractivity contribution >= 4 is 23.2 Å². The fourth-order valence-electron chi connectivity index (χ4n) is 1.67. The molecule has 0 radical (unpaired) electrons. The Labute approximate surface area is 125 Å². The van der Waals surface area contributed by atoms with Gasteiger partial charge in [0.25, 0.3) is 0 Å². The van der Waals surface area contributed by atoms with Crippen LogP contribution in [0, 0.1) is 0 Å². The molecule has 20 heavy (non-hydrogen) atoms. The lowest BCUT2D eigenvalue weighted by Crippen LogP contribution is -2.22. The van der Waals surface area contributed by atoms with Crippen LogP contribution in [0.2, 0.25) is 5.02 Å². The van der Waals surface area contributed by atoms with E-state index in [2.05, 4.69) is 10.3 Å². The quantitative estimate of drug-likeness (QED) is 0.440. The molecule has 1 rings (SSSR count). The highest BCUT2D eigenvalue weighted by molar-refractivity contribution is 6.32. The second-order valence-corrected chi connectivity index (χ2v) is 4.70. The van der Waals surface area contributed by atoms with Crippen molar-refractivity contribution < 1.29 is 9.47 Å². The van der Waals surface area contributed by atoms with Gasteiger partial charge in [0, 0.05) is 25.9 Å². The number of nitrogens with one attached hydrogen (secondary N) is 1. The van der Waals surface area contributed by atoms with Gasteiger partial charge in [0.05, 0.1) is 12.1 Å². The minimum absolute atomic E-state index is 0.387. The van der Waals surface area contributed by atoms with Crippen LogP contribution < -0.4 is 15.8 Å². The molecule has 112 valence electrons. The largest absolute Gasteiger partial charge is 0.495 e. The molecule has 6 heteroatoms. The molecule has 0 spiro atoms. The summed E-state index contributed by atoms with van der Waals surface area (Å²) in [5, 5.41) is 3.53. The number of nitrogens with two attached hydrogens (primary N) is 1. The smallest absolute Gasteiger partial charge is 0.193 e. The van der Waals surface area contributed by atoms with E-state index < -0.39 is 0 Å². The first-order chi connectivity index (χ1) is 9.67.